The molecule has 2 heteroatoms. The van der Waals surface area contributed by atoms with Crippen LogP contribution in [0.5, 0.6) is 0 Å². The monoisotopic (exact) mass is 204 g/mol. The van der Waals surface area contributed by atoms with Gasteiger partial charge in [-0.05, 0) is 37.3 Å². The van der Waals surface area contributed by atoms with Crippen molar-refractivity contribution in [2.45, 2.75) is 32.1 Å². The summed E-state index contributed by atoms with van der Waals surface area (Å²) in [4.78, 5) is 11.6. The Morgan fingerprint density at radius 2 is 2.27 bits per heavy atom. The van der Waals surface area contributed by atoms with E-state index in [0.29, 0.717) is 0 Å². The maximum atomic E-state index is 11.6. The van der Waals surface area contributed by atoms with Crippen molar-refractivity contribution in [3.63, 3.8) is 0 Å². The summed E-state index contributed by atoms with van der Waals surface area (Å²) in [6.07, 6.45) is 3.09. The Morgan fingerprint density at radius 3 is 3.00 bits per heavy atom. The Labute approximate surface area is 90.3 Å². The minimum absolute atomic E-state index is 0.0423. The molecule has 80 valence electrons. The van der Waals surface area contributed by atoms with E-state index in [1.54, 1.807) is 0 Å². The molecule has 1 aliphatic rings. The highest BCUT2D eigenvalue weighted by molar-refractivity contribution is 5.79. The van der Waals surface area contributed by atoms with Crippen molar-refractivity contribution >= 4 is 5.97 Å². The summed E-state index contributed by atoms with van der Waals surface area (Å²) in [6, 6.07) is 6.33. The van der Waals surface area contributed by atoms with E-state index in [1.165, 1.54) is 23.8 Å². The molecule has 0 N–H and O–H groups in total. The van der Waals surface area contributed by atoms with Crippen LogP contribution in [0.25, 0.3) is 0 Å². The normalized spacial score (nSPS) is 19.5. The molecule has 1 unspecified atom stereocenters. The lowest BCUT2D eigenvalue weighted by Crippen LogP contribution is -2.19. The molecule has 0 amide bonds. The van der Waals surface area contributed by atoms with Gasteiger partial charge in [-0.15, -0.1) is 0 Å². The third-order valence-electron chi connectivity index (χ3n) is 3.10. The molecule has 0 saturated carbocycles. The number of hydrogen-bond donors (Lipinski definition) is 0. The van der Waals surface area contributed by atoms with Gasteiger partial charge in [-0.3, -0.25) is 4.79 Å². The molecule has 0 fully saturated rings. The summed E-state index contributed by atoms with van der Waals surface area (Å²) >= 11 is 0. The number of esters is 1. The Balaban J connectivity index is 2.38. The van der Waals surface area contributed by atoms with Crippen molar-refractivity contribution in [1.29, 1.82) is 0 Å². The van der Waals surface area contributed by atoms with Gasteiger partial charge in [0.15, 0.2) is 0 Å². The molecular weight excluding hydrogens is 188 g/mol. The maximum Gasteiger partial charge on any atom is 0.313 e. The third kappa shape index (κ3) is 1.89. The number of carbonyl (C=O) groups excluding carboxylic acids is 1. The smallest absolute Gasteiger partial charge is 0.313 e. The minimum Gasteiger partial charge on any atom is -0.469 e. The van der Waals surface area contributed by atoms with E-state index >= 15 is 0 Å². The van der Waals surface area contributed by atoms with E-state index in [-0.39, 0.29) is 11.9 Å². The topological polar surface area (TPSA) is 26.3 Å². The molecule has 1 aliphatic carbocycles. The van der Waals surface area contributed by atoms with Crippen molar-refractivity contribution in [1.82, 2.24) is 0 Å². The van der Waals surface area contributed by atoms with Crippen LogP contribution in [0.1, 0.15) is 35.4 Å². The van der Waals surface area contributed by atoms with Gasteiger partial charge in [0, 0.05) is 0 Å². The van der Waals surface area contributed by atoms with Crippen LogP contribution in [0, 0.1) is 6.92 Å². The Kier molecular flexibility index (Phi) is 2.76. The number of hydrogen-bond acceptors (Lipinski definition) is 2. The molecule has 2 rings (SSSR count). The van der Waals surface area contributed by atoms with Crippen LogP contribution in [-0.4, -0.2) is 13.1 Å². The van der Waals surface area contributed by atoms with Crippen molar-refractivity contribution in [3.05, 3.63) is 34.9 Å². The molecule has 0 radical (unpaired) electrons. The lowest BCUT2D eigenvalue weighted by Gasteiger charge is -2.23. The number of carbonyl (C=O) groups is 1. The van der Waals surface area contributed by atoms with Gasteiger partial charge >= 0.3 is 5.97 Å². The fraction of sp³-hybridized carbons (Fsp3) is 0.462. The minimum atomic E-state index is -0.0974. The van der Waals surface area contributed by atoms with Crippen molar-refractivity contribution in [2.24, 2.45) is 0 Å². The number of fused-ring (bicyclic) bond motifs is 1. The predicted molar refractivity (Wildman–Crippen MR) is 58.9 cm³/mol. The molecule has 1 aromatic rings. The van der Waals surface area contributed by atoms with Crippen molar-refractivity contribution < 1.29 is 9.53 Å². The van der Waals surface area contributed by atoms with E-state index in [4.69, 9.17) is 4.74 Å². The lowest BCUT2D eigenvalue weighted by atomic mass is 9.82. The SMILES string of the molecule is COC(=O)C1CCCc2cc(C)ccc21. The van der Waals surface area contributed by atoms with E-state index < -0.39 is 0 Å². The van der Waals surface area contributed by atoms with Gasteiger partial charge in [-0.25, -0.2) is 0 Å². The second-order valence-electron chi connectivity index (χ2n) is 4.17. The van der Waals surface area contributed by atoms with Crippen LogP contribution in [-0.2, 0) is 16.0 Å². The number of methoxy groups -OCH3 is 1. The Hall–Kier alpha value is -1.31. The van der Waals surface area contributed by atoms with Gasteiger partial charge in [0.1, 0.15) is 0 Å². The first-order valence-electron chi connectivity index (χ1n) is 5.39. The van der Waals surface area contributed by atoms with Crippen molar-refractivity contribution in [2.75, 3.05) is 7.11 Å². The van der Waals surface area contributed by atoms with Crippen LogP contribution < -0.4 is 0 Å². The highest BCUT2D eigenvalue weighted by Gasteiger charge is 2.26. The second kappa shape index (κ2) is 4.05. The Bertz CT molecular complexity index is 382. The summed E-state index contributed by atoms with van der Waals surface area (Å²) in [5, 5.41) is 0. The van der Waals surface area contributed by atoms with Gasteiger partial charge in [0.05, 0.1) is 13.0 Å². The van der Waals surface area contributed by atoms with E-state index in [0.717, 1.165) is 19.3 Å². The zero-order valence-corrected chi connectivity index (χ0v) is 9.25. The average Bonchev–Trinajstić information content (AvgIpc) is 2.26. The summed E-state index contributed by atoms with van der Waals surface area (Å²) in [7, 11) is 1.46. The molecular formula is C13H16O2. The van der Waals surface area contributed by atoms with Crippen LogP contribution in [0.2, 0.25) is 0 Å². The number of rotatable bonds is 1. The molecule has 0 bridgehead atoms. The molecule has 1 atom stereocenters. The predicted octanol–water partition coefficient (Wildman–Crippen LogP) is 2.59. The molecule has 0 heterocycles. The summed E-state index contributed by atoms with van der Waals surface area (Å²) in [5.41, 5.74) is 3.75. The van der Waals surface area contributed by atoms with Gasteiger partial charge in [-0.1, -0.05) is 23.8 Å². The largest absolute Gasteiger partial charge is 0.469 e. The van der Waals surface area contributed by atoms with Gasteiger partial charge in [-0.2, -0.15) is 0 Å². The third-order valence-corrected chi connectivity index (χ3v) is 3.10. The summed E-state index contributed by atoms with van der Waals surface area (Å²) in [6.45, 7) is 2.09. The van der Waals surface area contributed by atoms with E-state index in [2.05, 4.69) is 25.1 Å². The fourth-order valence-corrected chi connectivity index (χ4v) is 2.33. The first kappa shape index (κ1) is 10.2. The van der Waals surface area contributed by atoms with E-state index in [9.17, 15) is 4.79 Å². The first-order valence-corrected chi connectivity index (χ1v) is 5.39. The highest BCUT2D eigenvalue weighted by atomic mass is 16.5. The quantitative estimate of drug-likeness (QED) is 0.657. The number of ether oxygens (including phenoxy) is 1. The molecule has 0 saturated heterocycles. The van der Waals surface area contributed by atoms with Crippen molar-refractivity contribution in [3.8, 4) is 0 Å². The zero-order chi connectivity index (χ0) is 10.8. The Morgan fingerprint density at radius 1 is 1.47 bits per heavy atom. The molecule has 0 aliphatic heterocycles. The van der Waals surface area contributed by atoms with Crippen LogP contribution in [0.3, 0.4) is 0 Å². The summed E-state index contributed by atoms with van der Waals surface area (Å²) in [5.74, 6) is -0.140. The van der Waals surface area contributed by atoms with Crippen LogP contribution in [0.4, 0.5) is 0 Å². The van der Waals surface area contributed by atoms with E-state index in [1.807, 2.05) is 0 Å². The van der Waals surface area contributed by atoms with Gasteiger partial charge in [0.2, 0.25) is 0 Å². The van der Waals surface area contributed by atoms with Gasteiger partial charge in [0.25, 0.3) is 0 Å². The number of aryl methyl sites for hydroxylation is 2. The second-order valence-corrected chi connectivity index (χ2v) is 4.17. The van der Waals surface area contributed by atoms with Gasteiger partial charge < -0.3 is 4.74 Å². The average molecular weight is 204 g/mol. The van der Waals surface area contributed by atoms with Crippen LogP contribution >= 0.6 is 0 Å². The first-order chi connectivity index (χ1) is 7.22. The molecule has 1 aromatic carbocycles. The number of benzene rings is 1. The zero-order valence-electron chi connectivity index (χ0n) is 9.25. The fourth-order valence-electron chi connectivity index (χ4n) is 2.33. The summed E-state index contributed by atoms with van der Waals surface area (Å²) < 4.78 is 4.84. The van der Waals surface area contributed by atoms with Crippen LogP contribution in [0.15, 0.2) is 18.2 Å². The lowest BCUT2D eigenvalue weighted by molar-refractivity contribution is -0.142. The molecule has 0 spiro atoms. The molecule has 15 heavy (non-hydrogen) atoms. The molecule has 0 aromatic heterocycles. The highest BCUT2D eigenvalue weighted by Crippen LogP contribution is 2.32. The maximum absolute atomic E-state index is 11.6. The molecule has 2 nitrogen and oxygen atoms in total. The standard InChI is InChI=1S/C13H16O2/c1-9-6-7-11-10(8-9)4-3-5-12(11)13(14)15-2/h6-8,12H,3-5H2,1-2H3.